The zero-order valence-electron chi connectivity index (χ0n) is 10.5. The van der Waals surface area contributed by atoms with Crippen LogP contribution in [0.25, 0.3) is 0 Å². The molecule has 0 aromatic carbocycles. The smallest absolute Gasteiger partial charge is 0.336 e. The molecule has 8 heteroatoms. The lowest BCUT2D eigenvalue weighted by Crippen LogP contribution is -2.46. The molecular weight excluding hydrogens is 260 g/mol. The van der Waals surface area contributed by atoms with Crippen LogP contribution in [0.3, 0.4) is 0 Å². The summed E-state index contributed by atoms with van der Waals surface area (Å²) in [6, 6.07) is 0. The van der Waals surface area contributed by atoms with E-state index in [0.29, 0.717) is 19.7 Å². The fourth-order valence-electron chi connectivity index (χ4n) is 1.96. The molecule has 1 aromatic rings. The maximum atomic E-state index is 12.7. The Morgan fingerprint density at radius 2 is 2.47 bits per heavy atom. The lowest BCUT2D eigenvalue weighted by atomic mass is 10.2. The van der Waals surface area contributed by atoms with Crippen LogP contribution in [-0.4, -0.2) is 53.3 Å². The minimum Gasteiger partial charge on any atom is -0.467 e. The first-order valence-electron chi connectivity index (χ1n) is 5.83. The van der Waals surface area contributed by atoms with Crippen LogP contribution in [0.2, 0.25) is 0 Å². The molecule has 1 fully saturated rings. The van der Waals surface area contributed by atoms with Gasteiger partial charge in [-0.3, -0.25) is 9.47 Å². The summed E-state index contributed by atoms with van der Waals surface area (Å²) in [6.45, 7) is -1.15. The third-order valence-corrected chi connectivity index (χ3v) is 2.94. The number of nitrogens with zero attached hydrogens (tertiary/aromatic N) is 3. The second-order valence-electron chi connectivity index (χ2n) is 4.15. The van der Waals surface area contributed by atoms with E-state index in [9.17, 15) is 13.6 Å². The number of imidazole rings is 1. The predicted octanol–water partition coefficient (Wildman–Crippen LogP) is 0.652. The van der Waals surface area contributed by atoms with E-state index >= 15 is 0 Å². The summed E-state index contributed by atoms with van der Waals surface area (Å²) in [7, 11) is 1.29. The fraction of sp³-hybridized carbons (Fsp3) is 0.636. The van der Waals surface area contributed by atoms with Crippen LogP contribution in [0.1, 0.15) is 12.4 Å². The van der Waals surface area contributed by atoms with E-state index in [-0.39, 0.29) is 12.4 Å². The number of rotatable bonds is 4. The molecule has 1 aliphatic rings. The number of ether oxygens (including phenoxy) is 2. The molecule has 2 rings (SSSR count). The molecule has 0 radical (unpaired) electrons. The van der Waals surface area contributed by atoms with Gasteiger partial charge in [0.25, 0.3) is 0 Å². The van der Waals surface area contributed by atoms with Crippen molar-refractivity contribution < 1.29 is 23.0 Å². The number of morpholine rings is 1. The zero-order chi connectivity index (χ0) is 13.8. The number of aromatic nitrogens is 2. The standard InChI is InChI=1S/C11H15F2N3O3/c1-18-10(17)8-6-15(4-5-19-8)7-9-14-2-3-16(9)11(12)13/h2-3,8,11H,4-7H2,1H3. The molecule has 19 heavy (non-hydrogen) atoms. The number of esters is 1. The largest absolute Gasteiger partial charge is 0.467 e. The molecular formula is C11H15F2N3O3. The number of halogens is 2. The Labute approximate surface area is 108 Å². The molecule has 0 spiro atoms. The first-order chi connectivity index (χ1) is 9.11. The summed E-state index contributed by atoms with van der Waals surface area (Å²) >= 11 is 0. The number of hydrogen-bond acceptors (Lipinski definition) is 5. The van der Waals surface area contributed by atoms with Gasteiger partial charge in [-0.2, -0.15) is 8.78 Å². The zero-order valence-corrected chi connectivity index (χ0v) is 10.5. The summed E-state index contributed by atoms with van der Waals surface area (Å²) in [5, 5.41) is 0. The molecule has 2 heterocycles. The summed E-state index contributed by atoms with van der Waals surface area (Å²) in [5.74, 6) is -0.192. The molecule has 1 saturated heterocycles. The van der Waals surface area contributed by atoms with E-state index in [1.807, 2.05) is 4.90 Å². The van der Waals surface area contributed by atoms with Crippen LogP contribution in [-0.2, 0) is 20.8 Å². The third kappa shape index (κ3) is 3.27. The van der Waals surface area contributed by atoms with Crippen molar-refractivity contribution in [2.45, 2.75) is 19.2 Å². The molecule has 1 unspecified atom stereocenters. The maximum absolute atomic E-state index is 12.7. The maximum Gasteiger partial charge on any atom is 0.336 e. The Kier molecular flexibility index (Phi) is 4.43. The average Bonchev–Trinajstić information content (AvgIpc) is 2.86. The molecule has 6 nitrogen and oxygen atoms in total. The molecule has 0 bridgehead atoms. The van der Waals surface area contributed by atoms with Crippen molar-refractivity contribution in [2.24, 2.45) is 0 Å². The quantitative estimate of drug-likeness (QED) is 0.755. The highest BCUT2D eigenvalue weighted by Gasteiger charge is 2.28. The van der Waals surface area contributed by atoms with Gasteiger partial charge in [0.1, 0.15) is 5.82 Å². The predicted molar refractivity (Wildman–Crippen MR) is 60.5 cm³/mol. The third-order valence-electron chi connectivity index (χ3n) is 2.94. The number of carbonyl (C=O) groups is 1. The number of methoxy groups -OCH3 is 1. The first kappa shape index (κ1) is 13.9. The van der Waals surface area contributed by atoms with Crippen molar-refractivity contribution in [3.05, 3.63) is 18.2 Å². The second kappa shape index (κ2) is 6.07. The van der Waals surface area contributed by atoms with Gasteiger partial charge < -0.3 is 9.47 Å². The van der Waals surface area contributed by atoms with Crippen molar-refractivity contribution in [1.82, 2.24) is 14.5 Å². The topological polar surface area (TPSA) is 56.6 Å². The summed E-state index contributed by atoms with van der Waals surface area (Å²) in [6.07, 6.45) is 1.89. The van der Waals surface area contributed by atoms with Gasteiger partial charge in [0.2, 0.25) is 0 Å². The molecule has 1 atom stereocenters. The monoisotopic (exact) mass is 275 g/mol. The molecule has 0 aliphatic carbocycles. The lowest BCUT2D eigenvalue weighted by molar-refractivity contribution is -0.160. The van der Waals surface area contributed by atoms with Gasteiger partial charge in [-0.15, -0.1) is 0 Å². The van der Waals surface area contributed by atoms with Crippen LogP contribution in [0.5, 0.6) is 0 Å². The van der Waals surface area contributed by atoms with Gasteiger partial charge in [0.15, 0.2) is 6.10 Å². The van der Waals surface area contributed by atoms with E-state index in [1.54, 1.807) is 0 Å². The van der Waals surface area contributed by atoms with E-state index < -0.39 is 18.6 Å². The molecule has 0 saturated carbocycles. The number of carbonyl (C=O) groups excluding carboxylic acids is 1. The van der Waals surface area contributed by atoms with E-state index in [2.05, 4.69) is 9.72 Å². The Morgan fingerprint density at radius 1 is 1.68 bits per heavy atom. The van der Waals surface area contributed by atoms with Gasteiger partial charge >= 0.3 is 12.5 Å². The molecule has 106 valence electrons. The fourth-order valence-corrected chi connectivity index (χ4v) is 1.96. The Hall–Kier alpha value is -1.54. The SMILES string of the molecule is COC(=O)C1CN(Cc2nccn2C(F)F)CCO1. The average molecular weight is 275 g/mol. The van der Waals surface area contributed by atoms with Gasteiger partial charge in [0, 0.05) is 25.5 Å². The Morgan fingerprint density at radius 3 is 3.16 bits per heavy atom. The van der Waals surface area contributed by atoms with Gasteiger partial charge in [0.05, 0.1) is 20.3 Å². The second-order valence-corrected chi connectivity index (χ2v) is 4.15. The van der Waals surface area contributed by atoms with Crippen molar-refractivity contribution >= 4 is 5.97 Å². The summed E-state index contributed by atoms with van der Waals surface area (Å²) < 4.78 is 36.0. The van der Waals surface area contributed by atoms with Crippen molar-refractivity contribution in [3.63, 3.8) is 0 Å². The molecule has 1 aliphatic heterocycles. The first-order valence-corrected chi connectivity index (χ1v) is 5.83. The van der Waals surface area contributed by atoms with Crippen LogP contribution >= 0.6 is 0 Å². The highest BCUT2D eigenvalue weighted by atomic mass is 19.3. The molecule has 1 aromatic heterocycles. The minimum absolute atomic E-state index is 0.244. The summed E-state index contributed by atoms with van der Waals surface area (Å²) in [5.41, 5.74) is 0. The van der Waals surface area contributed by atoms with Crippen molar-refractivity contribution in [2.75, 3.05) is 26.8 Å². The van der Waals surface area contributed by atoms with E-state index in [1.165, 1.54) is 19.5 Å². The summed E-state index contributed by atoms with van der Waals surface area (Å²) in [4.78, 5) is 17.1. The Bertz CT molecular complexity index is 439. The van der Waals surface area contributed by atoms with E-state index in [4.69, 9.17) is 4.74 Å². The van der Waals surface area contributed by atoms with Crippen molar-refractivity contribution in [3.8, 4) is 0 Å². The highest BCUT2D eigenvalue weighted by molar-refractivity contribution is 5.74. The Balaban J connectivity index is 1.99. The van der Waals surface area contributed by atoms with Crippen molar-refractivity contribution in [1.29, 1.82) is 0 Å². The van der Waals surface area contributed by atoms with Gasteiger partial charge in [-0.1, -0.05) is 0 Å². The number of hydrogen-bond donors (Lipinski definition) is 0. The van der Waals surface area contributed by atoms with Crippen LogP contribution in [0, 0.1) is 0 Å². The highest BCUT2D eigenvalue weighted by Crippen LogP contribution is 2.15. The molecule has 0 amide bonds. The van der Waals surface area contributed by atoms with Crippen LogP contribution in [0.4, 0.5) is 8.78 Å². The van der Waals surface area contributed by atoms with Crippen LogP contribution in [0.15, 0.2) is 12.4 Å². The number of alkyl halides is 2. The van der Waals surface area contributed by atoms with E-state index in [0.717, 1.165) is 4.57 Å². The normalized spacial score (nSPS) is 20.7. The minimum atomic E-state index is -2.62. The van der Waals surface area contributed by atoms with Gasteiger partial charge in [-0.25, -0.2) is 9.78 Å². The van der Waals surface area contributed by atoms with Crippen LogP contribution < -0.4 is 0 Å². The van der Waals surface area contributed by atoms with Gasteiger partial charge in [-0.05, 0) is 0 Å². The lowest BCUT2D eigenvalue weighted by Gasteiger charge is -2.31. The molecule has 0 N–H and O–H groups in total.